The topological polar surface area (TPSA) is 73.6 Å². The maximum Gasteiger partial charge on any atom is 0.226 e. The van der Waals surface area contributed by atoms with E-state index >= 15 is 0 Å². The molecule has 0 aliphatic rings. The van der Waals surface area contributed by atoms with Gasteiger partial charge >= 0.3 is 0 Å². The van der Waals surface area contributed by atoms with E-state index in [4.69, 9.17) is 15.2 Å². The van der Waals surface area contributed by atoms with Crippen molar-refractivity contribution in [1.29, 1.82) is 0 Å². The molecule has 0 saturated carbocycles. The summed E-state index contributed by atoms with van der Waals surface area (Å²) in [6, 6.07) is 5.11. The summed E-state index contributed by atoms with van der Waals surface area (Å²) in [5, 5.41) is 2.75. The molecule has 0 atom stereocenters. The second kappa shape index (κ2) is 6.75. The lowest BCUT2D eigenvalue weighted by Crippen LogP contribution is -2.14. The third-order valence-corrected chi connectivity index (χ3v) is 2.19. The van der Waals surface area contributed by atoms with E-state index in [0.717, 1.165) is 0 Å². The SMILES string of the molecule is CCOCCC(=O)Nc1ccc(N)c(OC)c1. The van der Waals surface area contributed by atoms with Crippen molar-refractivity contribution in [2.45, 2.75) is 13.3 Å². The summed E-state index contributed by atoms with van der Waals surface area (Å²) in [5.41, 5.74) is 6.88. The normalized spacial score (nSPS) is 10.0. The zero-order chi connectivity index (χ0) is 12.7. The largest absolute Gasteiger partial charge is 0.495 e. The molecule has 1 aromatic carbocycles. The van der Waals surface area contributed by atoms with E-state index in [1.54, 1.807) is 18.2 Å². The average Bonchev–Trinajstić information content (AvgIpc) is 2.32. The van der Waals surface area contributed by atoms with Crippen molar-refractivity contribution in [3.8, 4) is 5.75 Å². The van der Waals surface area contributed by atoms with Crippen LogP contribution in [-0.4, -0.2) is 26.2 Å². The molecule has 0 saturated heterocycles. The van der Waals surface area contributed by atoms with Gasteiger partial charge < -0.3 is 20.5 Å². The van der Waals surface area contributed by atoms with E-state index in [1.807, 2.05) is 6.92 Å². The van der Waals surface area contributed by atoms with Gasteiger partial charge in [0, 0.05) is 18.4 Å². The van der Waals surface area contributed by atoms with Crippen LogP contribution in [0.25, 0.3) is 0 Å². The molecule has 0 aromatic heterocycles. The van der Waals surface area contributed by atoms with Crippen LogP contribution in [0.15, 0.2) is 18.2 Å². The van der Waals surface area contributed by atoms with Crippen molar-refractivity contribution in [3.63, 3.8) is 0 Å². The Kier molecular flexibility index (Phi) is 5.29. The lowest BCUT2D eigenvalue weighted by Gasteiger charge is -2.09. The fourth-order valence-corrected chi connectivity index (χ4v) is 1.32. The first-order valence-corrected chi connectivity index (χ1v) is 5.48. The Hall–Kier alpha value is -1.75. The average molecular weight is 238 g/mol. The number of methoxy groups -OCH3 is 1. The molecule has 1 aromatic rings. The molecule has 0 heterocycles. The number of ether oxygens (including phenoxy) is 2. The van der Waals surface area contributed by atoms with Crippen molar-refractivity contribution >= 4 is 17.3 Å². The predicted octanol–water partition coefficient (Wildman–Crippen LogP) is 1.64. The molecule has 0 unspecified atom stereocenters. The number of carbonyl (C=O) groups excluding carboxylic acids is 1. The van der Waals surface area contributed by atoms with Crippen molar-refractivity contribution in [1.82, 2.24) is 0 Å². The highest BCUT2D eigenvalue weighted by atomic mass is 16.5. The summed E-state index contributed by atoms with van der Waals surface area (Å²) < 4.78 is 10.2. The molecule has 3 N–H and O–H groups in total. The molecule has 1 rings (SSSR count). The summed E-state index contributed by atoms with van der Waals surface area (Å²) in [4.78, 5) is 11.5. The third-order valence-electron chi connectivity index (χ3n) is 2.19. The smallest absolute Gasteiger partial charge is 0.226 e. The second-order valence-electron chi connectivity index (χ2n) is 3.45. The van der Waals surface area contributed by atoms with E-state index in [0.29, 0.717) is 36.8 Å². The Labute approximate surface area is 101 Å². The van der Waals surface area contributed by atoms with Crippen LogP contribution in [-0.2, 0) is 9.53 Å². The summed E-state index contributed by atoms with van der Waals surface area (Å²) in [5.74, 6) is 0.456. The molecule has 0 aliphatic heterocycles. The van der Waals surface area contributed by atoms with Crippen LogP contribution in [0.1, 0.15) is 13.3 Å². The van der Waals surface area contributed by atoms with Gasteiger partial charge in [-0.3, -0.25) is 4.79 Å². The first-order valence-electron chi connectivity index (χ1n) is 5.48. The minimum atomic E-state index is -0.0923. The number of nitrogen functional groups attached to an aromatic ring is 1. The fraction of sp³-hybridized carbons (Fsp3) is 0.417. The van der Waals surface area contributed by atoms with Crippen LogP contribution < -0.4 is 15.8 Å². The number of amides is 1. The number of hydrogen-bond acceptors (Lipinski definition) is 4. The van der Waals surface area contributed by atoms with Crippen LogP contribution in [0.5, 0.6) is 5.75 Å². The van der Waals surface area contributed by atoms with Gasteiger partial charge in [0.25, 0.3) is 0 Å². The summed E-state index contributed by atoms with van der Waals surface area (Å²) in [6.45, 7) is 2.93. The molecule has 0 radical (unpaired) electrons. The first kappa shape index (κ1) is 13.3. The quantitative estimate of drug-likeness (QED) is 0.583. The van der Waals surface area contributed by atoms with Gasteiger partial charge in [-0.15, -0.1) is 0 Å². The van der Waals surface area contributed by atoms with E-state index in [1.165, 1.54) is 7.11 Å². The molecule has 5 heteroatoms. The van der Waals surface area contributed by atoms with Crippen LogP contribution in [0, 0.1) is 0 Å². The summed E-state index contributed by atoms with van der Waals surface area (Å²) in [7, 11) is 1.53. The van der Waals surface area contributed by atoms with Crippen molar-refractivity contribution in [2.24, 2.45) is 0 Å². The second-order valence-corrected chi connectivity index (χ2v) is 3.45. The van der Waals surface area contributed by atoms with E-state index in [2.05, 4.69) is 5.32 Å². The molecule has 94 valence electrons. The van der Waals surface area contributed by atoms with E-state index in [-0.39, 0.29) is 5.91 Å². The Bertz CT molecular complexity index is 380. The highest BCUT2D eigenvalue weighted by Crippen LogP contribution is 2.24. The van der Waals surface area contributed by atoms with Gasteiger partial charge in [-0.05, 0) is 19.1 Å². The zero-order valence-corrected chi connectivity index (χ0v) is 10.2. The van der Waals surface area contributed by atoms with Gasteiger partial charge in [0.2, 0.25) is 5.91 Å². The van der Waals surface area contributed by atoms with Crippen LogP contribution >= 0.6 is 0 Å². The molecular weight excluding hydrogens is 220 g/mol. The van der Waals surface area contributed by atoms with Crippen molar-refractivity contribution < 1.29 is 14.3 Å². The predicted molar refractivity (Wildman–Crippen MR) is 67.1 cm³/mol. The van der Waals surface area contributed by atoms with Gasteiger partial charge in [-0.25, -0.2) is 0 Å². The standard InChI is InChI=1S/C12H18N2O3/c1-3-17-7-6-12(15)14-9-4-5-10(13)11(8-9)16-2/h4-5,8H,3,6-7,13H2,1-2H3,(H,14,15). The van der Waals surface area contributed by atoms with Gasteiger partial charge in [-0.2, -0.15) is 0 Å². The highest BCUT2D eigenvalue weighted by Gasteiger charge is 2.05. The molecule has 1 amide bonds. The lowest BCUT2D eigenvalue weighted by atomic mass is 10.2. The Morgan fingerprint density at radius 3 is 2.88 bits per heavy atom. The van der Waals surface area contributed by atoms with Crippen LogP contribution in [0.4, 0.5) is 11.4 Å². The molecular formula is C12H18N2O3. The molecule has 0 fully saturated rings. The number of rotatable bonds is 6. The van der Waals surface area contributed by atoms with E-state index in [9.17, 15) is 4.79 Å². The maximum absolute atomic E-state index is 11.5. The third kappa shape index (κ3) is 4.32. The zero-order valence-electron chi connectivity index (χ0n) is 10.2. The number of anilines is 2. The summed E-state index contributed by atoms with van der Waals surface area (Å²) in [6.07, 6.45) is 0.334. The number of nitrogens with one attached hydrogen (secondary N) is 1. The molecule has 0 aliphatic carbocycles. The monoisotopic (exact) mass is 238 g/mol. The Morgan fingerprint density at radius 1 is 1.47 bits per heavy atom. The number of carbonyl (C=O) groups is 1. The molecule has 5 nitrogen and oxygen atoms in total. The Balaban J connectivity index is 2.53. The number of nitrogens with two attached hydrogens (primary N) is 1. The van der Waals surface area contributed by atoms with Crippen molar-refractivity contribution in [3.05, 3.63) is 18.2 Å². The maximum atomic E-state index is 11.5. The van der Waals surface area contributed by atoms with Gasteiger partial charge in [-0.1, -0.05) is 0 Å². The van der Waals surface area contributed by atoms with Gasteiger partial charge in [0.1, 0.15) is 5.75 Å². The minimum Gasteiger partial charge on any atom is -0.495 e. The molecule has 17 heavy (non-hydrogen) atoms. The fourth-order valence-electron chi connectivity index (χ4n) is 1.32. The molecule has 0 bridgehead atoms. The first-order chi connectivity index (χ1) is 8.17. The van der Waals surface area contributed by atoms with Gasteiger partial charge in [0.15, 0.2) is 0 Å². The molecule has 0 spiro atoms. The Morgan fingerprint density at radius 2 is 2.24 bits per heavy atom. The highest BCUT2D eigenvalue weighted by molar-refractivity contribution is 5.91. The van der Waals surface area contributed by atoms with Crippen molar-refractivity contribution in [2.75, 3.05) is 31.4 Å². The lowest BCUT2D eigenvalue weighted by molar-refractivity contribution is -0.117. The van der Waals surface area contributed by atoms with E-state index < -0.39 is 0 Å². The van der Waals surface area contributed by atoms with Crippen LogP contribution in [0.3, 0.4) is 0 Å². The number of benzene rings is 1. The summed E-state index contributed by atoms with van der Waals surface area (Å²) >= 11 is 0. The van der Waals surface area contributed by atoms with Gasteiger partial charge in [0.05, 0.1) is 25.8 Å². The van der Waals surface area contributed by atoms with Crippen LogP contribution in [0.2, 0.25) is 0 Å². The minimum absolute atomic E-state index is 0.0923. The number of hydrogen-bond donors (Lipinski definition) is 2.